The molecule has 2 aromatic carbocycles. The first-order valence-electron chi connectivity index (χ1n) is 8.82. The quantitative estimate of drug-likeness (QED) is 0.518. The van der Waals surface area contributed by atoms with Crippen molar-refractivity contribution >= 4 is 11.6 Å². The maximum absolute atomic E-state index is 12.8. The molecule has 6 nitrogen and oxygen atoms in total. The average molecular weight is 441 g/mol. The molecule has 0 aliphatic rings. The zero-order chi connectivity index (χ0) is 22.6. The molecule has 0 fully saturated rings. The van der Waals surface area contributed by atoms with Gasteiger partial charge in [0.15, 0.2) is 12.4 Å². The van der Waals surface area contributed by atoms with Gasteiger partial charge in [-0.25, -0.2) is 4.68 Å². The zero-order valence-corrected chi connectivity index (χ0v) is 16.0. The lowest BCUT2D eigenvalue weighted by Crippen LogP contribution is -2.16. The molecule has 0 unspecified atom stereocenters. The van der Waals surface area contributed by atoms with E-state index in [0.29, 0.717) is 5.56 Å². The number of nitrogens with one attached hydrogen (secondary N) is 1. The molecule has 3 rings (SSSR count). The lowest BCUT2D eigenvalue weighted by atomic mass is 10.2. The molecule has 31 heavy (non-hydrogen) atoms. The third-order valence-electron chi connectivity index (χ3n) is 4.00. The van der Waals surface area contributed by atoms with Gasteiger partial charge in [0.2, 0.25) is 0 Å². The van der Waals surface area contributed by atoms with Crippen molar-refractivity contribution < 1.29 is 36.2 Å². The number of carbonyl (C=O) groups is 1. The first-order chi connectivity index (χ1) is 14.6. The Morgan fingerprint density at radius 3 is 2.65 bits per heavy atom. The molecule has 0 spiro atoms. The summed E-state index contributed by atoms with van der Waals surface area (Å²) in [6.07, 6.45) is -3.12. The van der Waals surface area contributed by atoms with Gasteiger partial charge >= 0.3 is 12.8 Å². The maximum atomic E-state index is 12.8. The number of carbonyl (C=O) groups excluding carboxylic acids is 1. The van der Waals surface area contributed by atoms with Crippen LogP contribution in [0.3, 0.4) is 0 Å². The summed E-state index contributed by atoms with van der Waals surface area (Å²) in [5.41, 5.74) is -0.167. The van der Waals surface area contributed by atoms with E-state index in [9.17, 15) is 26.7 Å². The fourth-order valence-electron chi connectivity index (χ4n) is 2.58. The van der Waals surface area contributed by atoms with Gasteiger partial charge in [0.05, 0.1) is 11.3 Å². The lowest BCUT2D eigenvalue weighted by molar-refractivity contribution is -0.137. The Balaban J connectivity index is 1.66. The molecule has 0 atom stereocenters. The number of aryl methyl sites for hydroxylation is 1. The molecule has 0 aliphatic carbocycles. The number of hydrogen-bond acceptors (Lipinski definition) is 4. The summed E-state index contributed by atoms with van der Waals surface area (Å²) in [7, 11) is 0. The normalized spacial score (nSPS) is 11.5. The fraction of sp³-hybridized carbons (Fsp3) is 0.200. The molecule has 1 amide bonds. The van der Waals surface area contributed by atoms with E-state index in [1.807, 2.05) is 0 Å². The standard InChI is InChI=1S/C20H16F5N3O3/c1-12-5-6-17(31-19(21)22)16(9-12)26-18(29)15-7-8-28(27-15)11-30-14-4-2-3-13(10-14)20(23,24)25/h2-10,19H,11H2,1H3,(H,26,29). The third kappa shape index (κ3) is 5.93. The summed E-state index contributed by atoms with van der Waals surface area (Å²) in [5.74, 6) is -0.923. The molecule has 1 aromatic heterocycles. The van der Waals surface area contributed by atoms with Crippen LogP contribution in [0.25, 0.3) is 0 Å². The molecule has 0 aliphatic heterocycles. The van der Waals surface area contributed by atoms with E-state index in [2.05, 4.69) is 15.2 Å². The van der Waals surface area contributed by atoms with Crippen LogP contribution in [-0.4, -0.2) is 22.3 Å². The summed E-state index contributed by atoms with van der Waals surface area (Å²) in [5, 5.41) is 6.42. The summed E-state index contributed by atoms with van der Waals surface area (Å²) in [4.78, 5) is 12.4. The van der Waals surface area contributed by atoms with E-state index in [4.69, 9.17) is 4.74 Å². The van der Waals surface area contributed by atoms with Crippen molar-refractivity contribution in [2.75, 3.05) is 5.32 Å². The van der Waals surface area contributed by atoms with Gasteiger partial charge in [-0.3, -0.25) is 4.79 Å². The van der Waals surface area contributed by atoms with Gasteiger partial charge in [-0.05, 0) is 48.9 Å². The Morgan fingerprint density at radius 2 is 1.94 bits per heavy atom. The van der Waals surface area contributed by atoms with Gasteiger partial charge in [0, 0.05) is 6.20 Å². The highest BCUT2D eigenvalue weighted by molar-refractivity contribution is 6.03. The molecule has 3 aromatic rings. The Hall–Kier alpha value is -3.63. The SMILES string of the molecule is Cc1ccc(OC(F)F)c(NC(=O)c2ccn(COc3cccc(C(F)(F)F)c3)n2)c1. The first-order valence-corrected chi connectivity index (χ1v) is 8.82. The topological polar surface area (TPSA) is 65.4 Å². The van der Waals surface area contributed by atoms with Crippen molar-refractivity contribution in [1.29, 1.82) is 0 Å². The van der Waals surface area contributed by atoms with E-state index in [-0.39, 0.29) is 29.6 Å². The number of rotatable bonds is 7. The Bertz CT molecular complexity index is 1070. The lowest BCUT2D eigenvalue weighted by Gasteiger charge is -2.12. The molecule has 0 saturated heterocycles. The van der Waals surface area contributed by atoms with Crippen molar-refractivity contribution in [1.82, 2.24) is 9.78 Å². The van der Waals surface area contributed by atoms with Gasteiger partial charge in [0.25, 0.3) is 5.91 Å². The number of ether oxygens (including phenoxy) is 2. The van der Waals surface area contributed by atoms with Crippen molar-refractivity contribution in [2.24, 2.45) is 0 Å². The number of aromatic nitrogens is 2. The number of nitrogens with zero attached hydrogens (tertiary/aromatic N) is 2. The second-order valence-corrected chi connectivity index (χ2v) is 6.37. The molecular formula is C20H16F5N3O3. The number of alkyl halides is 5. The summed E-state index contributed by atoms with van der Waals surface area (Å²) >= 11 is 0. The molecule has 0 radical (unpaired) electrons. The first kappa shape index (κ1) is 22.1. The second-order valence-electron chi connectivity index (χ2n) is 6.37. The van der Waals surface area contributed by atoms with Crippen molar-refractivity contribution in [2.45, 2.75) is 26.4 Å². The molecule has 0 saturated carbocycles. The minimum atomic E-state index is -4.50. The largest absolute Gasteiger partial charge is 0.471 e. The van der Waals surface area contributed by atoms with Gasteiger partial charge < -0.3 is 14.8 Å². The number of amides is 1. The predicted molar refractivity (Wildman–Crippen MR) is 100 cm³/mol. The molecule has 1 heterocycles. The average Bonchev–Trinajstić information content (AvgIpc) is 3.17. The highest BCUT2D eigenvalue weighted by Crippen LogP contribution is 2.31. The van der Waals surface area contributed by atoms with Gasteiger partial charge in [0.1, 0.15) is 11.5 Å². The molecule has 0 bridgehead atoms. The Morgan fingerprint density at radius 1 is 1.16 bits per heavy atom. The third-order valence-corrected chi connectivity index (χ3v) is 4.00. The molecule has 1 N–H and O–H groups in total. The van der Waals surface area contributed by atoms with Crippen molar-refractivity contribution in [3.63, 3.8) is 0 Å². The van der Waals surface area contributed by atoms with E-state index in [1.165, 1.54) is 41.2 Å². The van der Waals surface area contributed by atoms with Gasteiger partial charge in [-0.1, -0.05) is 12.1 Å². The summed E-state index contributed by atoms with van der Waals surface area (Å²) in [6.45, 7) is -1.61. The van der Waals surface area contributed by atoms with Crippen LogP contribution in [0.15, 0.2) is 54.7 Å². The van der Waals surface area contributed by atoms with Crippen molar-refractivity contribution in [3.05, 3.63) is 71.5 Å². The monoisotopic (exact) mass is 441 g/mol. The summed E-state index contributed by atoms with van der Waals surface area (Å²) < 4.78 is 74.2. The maximum Gasteiger partial charge on any atom is 0.416 e. The van der Waals surface area contributed by atoms with Crippen LogP contribution < -0.4 is 14.8 Å². The number of hydrogen-bond donors (Lipinski definition) is 1. The molecule has 11 heteroatoms. The minimum Gasteiger partial charge on any atom is -0.471 e. The molecular weight excluding hydrogens is 425 g/mol. The van der Waals surface area contributed by atoms with Gasteiger partial charge in [-0.15, -0.1) is 0 Å². The van der Waals surface area contributed by atoms with E-state index in [1.54, 1.807) is 13.0 Å². The highest BCUT2D eigenvalue weighted by atomic mass is 19.4. The fourth-order valence-corrected chi connectivity index (χ4v) is 2.58. The van der Waals surface area contributed by atoms with Crippen LogP contribution in [0.2, 0.25) is 0 Å². The smallest absolute Gasteiger partial charge is 0.416 e. The van der Waals surface area contributed by atoms with Gasteiger partial charge in [-0.2, -0.15) is 27.1 Å². The second kappa shape index (κ2) is 9.02. The van der Waals surface area contributed by atoms with Crippen LogP contribution in [0, 0.1) is 6.92 Å². The summed E-state index contributed by atoms with van der Waals surface area (Å²) in [6, 6.07) is 9.99. The van der Waals surface area contributed by atoms with Crippen LogP contribution in [0.1, 0.15) is 21.6 Å². The molecule has 164 valence electrons. The Labute approximate surface area is 173 Å². The minimum absolute atomic E-state index is 0.0233. The van der Waals surface area contributed by atoms with E-state index in [0.717, 1.165) is 12.1 Å². The van der Waals surface area contributed by atoms with Crippen LogP contribution >= 0.6 is 0 Å². The van der Waals surface area contributed by atoms with Crippen LogP contribution in [0.5, 0.6) is 11.5 Å². The predicted octanol–water partition coefficient (Wildman–Crippen LogP) is 5.10. The number of anilines is 1. The Kier molecular flexibility index (Phi) is 6.42. The van der Waals surface area contributed by atoms with Crippen molar-refractivity contribution in [3.8, 4) is 11.5 Å². The zero-order valence-electron chi connectivity index (χ0n) is 16.0. The highest BCUT2D eigenvalue weighted by Gasteiger charge is 2.30. The number of benzene rings is 2. The van der Waals surface area contributed by atoms with E-state index < -0.39 is 24.3 Å². The van der Waals surface area contributed by atoms with E-state index >= 15 is 0 Å². The van der Waals surface area contributed by atoms with Crippen LogP contribution in [0.4, 0.5) is 27.6 Å². The van der Waals surface area contributed by atoms with Crippen LogP contribution in [-0.2, 0) is 12.9 Å². The number of halogens is 5.